The van der Waals surface area contributed by atoms with Gasteiger partial charge in [-0.3, -0.25) is 0 Å². The summed E-state index contributed by atoms with van der Waals surface area (Å²) < 4.78 is 11.6. The summed E-state index contributed by atoms with van der Waals surface area (Å²) in [6.07, 6.45) is 0.292. The number of fused-ring (bicyclic) bond motifs is 1. The Hall–Kier alpha value is -1.10. The minimum atomic E-state index is -0.693. The Morgan fingerprint density at radius 2 is 1.86 bits per heavy atom. The first-order valence-corrected chi connectivity index (χ1v) is 7.89. The molecular weight excluding hydrogens is 278 g/mol. The van der Waals surface area contributed by atoms with Gasteiger partial charge in [0, 0.05) is 25.3 Å². The maximum Gasteiger partial charge on any atom is 0.240 e. The second-order valence-electron chi connectivity index (χ2n) is 7.70. The predicted octanol–water partition coefficient (Wildman–Crippen LogP) is 3.50. The molecule has 0 saturated carbocycles. The summed E-state index contributed by atoms with van der Waals surface area (Å²) in [4.78, 5) is 2.15. The van der Waals surface area contributed by atoms with Gasteiger partial charge in [-0.1, -0.05) is 18.2 Å². The number of ether oxygens (including phenoxy) is 2. The van der Waals surface area contributed by atoms with E-state index in [1.807, 2.05) is 46.8 Å². The van der Waals surface area contributed by atoms with Crippen molar-refractivity contribution in [1.29, 1.82) is 0 Å². The number of nitrogens with zero attached hydrogens (tertiary/aromatic N) is 1. The highest BCUT2D eigenvalue weighted by Crippen LogP contribution is 2.41. The maximum absolute atomic E-state index is 10.2. The lowest BCUT2D eigenvalue weighted by Gasteiger charge is -2.34. The molecule has 2 atom stereocenters. The highest BCUT2D eigenvalue weighted by atomic mass is 16.7. The molecule has 0 radical (unpaired) electrons. The summed E-state index contributed by atoms with van der Waals surface area (Å²) in [5.41, 5.74) is 1.41. The van der Waals surface area contributed by atoms with E-state index in [2.05, 4.69) is 17.0 Å². The van der Waals surface area contributed by atoms with Gasteiger partial charge in [-0.25, -0.2) is 0 Å². The molecule has 0 aliphatic carbocycles. The number of benzene rings is 1. The Kier molecular flexibility index (Phi) is 4.85. The Morgan fingerprint density at radius 1 is 1.23 bits per heavy atom. The molecule has 0 spiro atoms. The summed E-state index contributed by atoms with van der Waals surface area (Å²) in [5, 5.41) is 10.2. The molecule has 2 rings (SSSR count). The first-order valence-electron chi connectivity index (χ1n) is 7.89. The van der Waals surface area contributed by atoms with Gasteiger partial charge in [0.2, 0.25) is 6.41 Å². The fourth-order valence-corrected chi connectivity index (χ4v) is 3.05. The van der Waals surface area contributed by atoms with Crippen LogP contribution in [0.3, 0.4) is 0 Å². The smallest absolute Gasteiger partial charge is 0.240 e. The molecule has 124 valence electrons. The van der Waals surface area contributed by atoms with Crippen LogP contribution in [-0.2, 0) is 9.47 Å². The average molecular weight is 307 g/mol. The minimum Gasteiger partial charge on any atom is -0.390 e. The number of methoxy groups -OCH3 is 1. The van der Waals surface area contributed by atoms with Crippen LogP contribution in [0.1, 0.15) is 52.5 Å². The Balaban J connectivity index is 2.27. The lowest BCUT2D eigenvalue weighted by atomic mass is 9.89. The lowest BCUT2D eigenvalue weighted by Crippen LogP contribution is -2.43. The number of para-hydroxylation sites is 1. The van der Waals surface area contributed by atoms with Crippen molar-refractivity contribution < 1.29 is 14.6 Å². The van der Waals surface area contributed by atoms with Gasteiger partial charge in [-0.05, 0) is 52.7 Å². The van der Waals surface area contributed by atoms with Gasteiger partial charge in [0.15, 0.2) is 0 Å². The number of anilines is 1. The van der Waals surface area contributed by atoms with E-state index in [-0.39, 0.29) is 11.5 Å². The normalized spacial score (nSPS) is 20.1. The number of rotatable bonds is 5. The van der Waals surface area contributed by atoms with Crippen LogP contribution in [0.25, 0.3) is 0 Å². The quantitative estimate of drug-likeness (QED) is 0.846. The highest BCUT2D eigenvalue weighted by molar-refractivity contribution is 5.60. The van der Waals surface area contributed by atoms with E-state index in [9.17, 15) is 5.11 Å². The van der Waals surface area contributed by atoms with Crippen LogP contribution in [0, 0.1) is 0 Å². The van der Waals surface area contributed by atoms with Gasteiger partial charge in [-0.2, -0.15) is 0 Å². The molecule has 2 unspecified atom stereocenters. The van der Waals surface area contributed by atoms with Gasteiger partial charge < -0.3 is 19.5 Å². The van der Waals surface area contributed by atoms with Crippen molar-refractivity contribution in [1.82, 2.24) is 0 Å². The zero-order valence-corrected chi connectivity index (χ0v) is 14.6. The van der Waals surface area contributed by atoms with Crippen LogP contribution >= 0.6 is 0 Å². The zero-order valence-electron chi connectivity index (χ0n) is 14.6. The SMILES string of the molecule is COC(OC(C)(C)C)N1CC(CC(C)(C)O)c2ccccc21. The summed E-state index contributed by atoms with van der Waals surface area (Å²) in [5.74, 6) is 0.275. The molecule has 1 aromatic carbocycles. The van der Waals surface area contributed by atoms with E-state index in [1.165, 1.54) is 5.56 Å². The van der Waals surface area contributed by atoms with Crippen molar-refractivity contribution in [2.75, 3.05) is 18.6 Å². The third kappa shape index (κ3) is 4.22. The van der Waals surface area contributed by atoms with Crippen molar-refractivity contribution >= 4 is 5.69 Å². The van der Waals surface area contributed by atoms with Crippen molar-refractivity contribution in [3.63, 3.8) is 0 Å². The number of aliphatic hydroxyl groups is 1. The summed E-state index contributed by atoms with van der Waals surface area (Å²) in [6, 6.07) is 8.31. The fourth-order valence-electron chi connectivity index (χ4n) is 3.05. The molecule has 4 nitrogen and oxygen atoms in total. The van der Waals surface area contributed by atoms with Gasteiger partial charge in [0.25, 0.3) is 0 Å². The molecule has 22 heavy (non-hydrogen) atoms. The summed E-state index contributed by atoms with van der Waals surface area (Å²) in [7, 11) is 1.67. The molecule has 1 aromatic rings. The first kappa shape index (κ1) is 17.3. The molecule has 0 amide bonds. The van der Waals surface area contributed by atoms with Crippen molar-refractivity contribution in [2.45, 2.75) is 64.6 Å². The van der Waals surface area contributed by atoms with E-state index < -0.39 is 12.0 Å². The molecule has 1 N–H and O–H groups in total. The maximum atomic E-state index is 10.2. The molecular formula is C18H29NO3. The second-order valence-corrected chi connectivity index (χ2v) is 7.70. The van der Waals surface area contributed by atoms with E-state index in [0.29, 0.717) is 6.42 Å². The van der Waals surface area contributed by atoms with Gasteiger partial charge in [0.1, 0.15) is 0 Å². The van der Waals surface area contributed by atoms with Crippen molar-refractivity contribution in [3.8, 4) is 0 Å². The Bertz CT molecular complexity index is 502. The molecule has 0 saturated heterocycles. The van der Waals surface area contributed by atoms with Crippen LogP contribution in [0.4, 0.5) is 5.69 Å². The van der Waals surface area contributed by atoms with Gasteiger partial charge in [-0.15, -0.1) is 0 Å². The molecule has 4 heteroatoms. The molecule has 0 fully saturated rings. The topological polar surface area (TPSA) is 41.9 Å². The molecule has 1 heterocycles. The number of hydrogen-bond donors (Lipinski definition) is 1. The first-order chi connectivity index (χ1) is 10.1. The third-order valence-corrected chi connectivity index (χ3v) is 3.76. The fraction of sp³-hybridized carbons (Fsp3) is 0.667. The van der Waals surface area contributed by atoms with Crippen LogP contribution < -0.4 is 4.90 Å². The van der Waals surface area contributed by atoms with Gasteiger partial charge >= 0.3 is 0 Å². The van der Waals surface area contributed by atoms with E-state index in [0.717, 1.165) is 12.2 Å². The van der Waals surface area contributed by atoms with Crippen LogP contribution in [-0.4, -0.2) is 36.4 Å². The van der Waals surface area contributed by atoms with Crippen LogP contribution in [0.15, 0.2) is 24.3 Å². The molecule has 1 aliphatic heterocycles. The molecule has 1 aliphatic rings. The van der Waals surface area contributed by atoms with E-state index >= 15 is 0 Å². The van der Waals surface area contributed by atoms with Crippen LogP contribution in [0.2, 0.25) is 0 Å². The predicted molar refractivity (Wildman–Crippen MR) is 89.1 cm³/mol. The standard InChI is InChI=1S/C18H29NO3/c1-17(2,3)22-16(21-6)19-12-13(11-18(4,5)20)14-9-7-8-10-15(14)19/h7-10,13,16,20H,11-12H2,1-6H3. The number of hydrogen-bond acceptors (Lipinski definition) is 4. The third-order valence-electron chi connectivity index (χ3n) is 3.76. The van der Waals surface area contributed by atoms with Crippen molar-refractivity contribution in [3.05, 3.63) is 29.8 Å². The van der Waals surface area contributed by atoms with Crippen LogP contribution in [0.5, 0.6) is 0 Å². The summed E-state index contributed by atoms with van der Waals surface area (Å²) in [6.45, 7) is 10.6. The Labute approximate surface area is 134 Å². The zero-order chi connectivity index (χ0) is 16.5. The minimum absolute atomic E-state index is 0.275. The molecule has 0 aromatic heterocycles. The Morgan fingerprint density at radius 3 is 2.41 bits per heavy atom. The van der Waals surface area contributed by atoms with Crippen molar-refractivity contribution in [2.24, 2.45) is 0 Å². The van der Waals surface area contributed by atoms with E-state index in [4.69, 9.17) is 9.47 Å². The monoisotopic (exact) mass is 307 g/mol. The largest absolute Gasteiger partial charge is 0.390 e. The summed E-state index contributed by atoms with van der Waals surface area (Å²) >= 11 is 0. The molecule has 0 bridgehead atoms. The van der Waals surface area contributed by atoms with Gasteiger partial charge in [0.05, 0.1) is 11.2 Å². The second kappa shape index (κ2) is 6.19. The van der Waals surface area contributed by atoms with E-state index in [1.54, 1.807) is 7.11 Å². The average Bonchev–Trinajstić information content (AvgIpc) is 2.72. The lowest BCUT2D eigenvalue weighted by molar-refractivity contribution is -0.181. The highest BCUT2D eigenvalue weighted by Gasteiger charge is 2.37.